The van der Waals surface area contributed by atoms with Gasteiger partial charge in [-0.15, -0.1) is 12.4 Å². The lowest BCUT2D eigenvalue weighted by Crippen LogP contribution is -2.44. The van der Waals surface area contributed by atoms with Crippen LogP contribution in [0.3, 0.4) is 0 Å². The molecule has 5 nitrogen and oxygen atoms in total. The quantitative estimate of drug-likeness (QED) is 0.788. The Morgan fingerprint density at radius 3 is 2.76 bits per heavy atom. The minimum atomic E-state index is 0. The van der Waals surface area contributed by atoms with E-state index in [4.69, 9.17) is 0 Å². The van der Waals surface area contributed by atoms with Crippen LogP contribution >= 0.6 is 12.4 Å². The highest BCUT2D eigenvalue weighted by molar-refractivity contribution is 5.99. The van der Waals surface area contributed by atoms with Gasteiger partial charge in [0.2, 0.25) is 5.95 Å². The molecule has 92 valence electrons. The van der Waals surface area contributed by atoms with E-state index in [-0.39, 0.29) is 18.2 Å². The number of piperazine rings is 1. The van der Waals surface area contributed by atoms with E-state index in [0.717, 1.165) is 49.8 Å². The minimum Gasteiger partial charge on any atom is -0.338 e. The molecule has 0 radical (unpaired) electrons. The first-order valence-electron chi connectivity index (χ1n) is 5.69. The summed E-state index contributed by atoms with van der Waals surface area (Å²) in [5.74, 6) is 0.955. The summed E-state index contributed by atoms with van der Waals surface area (Å²) in [4.78, 5) is 22.4. The van der Waals surface area contributed by atoms with Crippen molar-refractivity contribution in [1.82, 2.24) is 15.3 Å². The number of fused-ring (bicyclic) bond motifs is 1. The fourth-order valence-corrected chi connectivity index (χ4v) is 2.21. The minimum absolute atomic E-state index is 0. The third-order valence-electron chi connectivity index (χ3n) is 3.14. The van der Waals surface area contributed by atoms with E-state index >= 15 is 0 Å². The number of aryl methyl sites for hydroxylation is 1. The molecular weight excluding hydrogens is 240 g/mol. The van der Waals surface area contributed by atoms with E-state index in [9.17, 15) is 4.79 Å². The van der Waals surface area contributed by atoms with Gasteiger partial charge in [-0.2, -0.15) is 0 Å². The summed E-state index contributed by atoms with van der Waals surface area (Å²) < 4.78 is 0. The molecule has 0 amide bonds. The second-order valence-corrected chi connectivity index (χ2v) is 4.19. The lowest BCUT2D eigenvalue weighted by Gasteiger charge is -2.27. The standard InChI is InChI=1S/C11H14N4O.ClH/c16-10-2-1-9-8(10)7-13-11(14-9)15-5-3-12-4-6-15;/h7,12H,1-6H2;1H. The van der Waals surface area contributed by atoms with Crippen LogP contribution in [0.5, 0.6) is 0 Å². The maximum Gasteiger partial charge on any atom is 0.225 e. The van der Waals surface area contributed by atoms with Gasteiger partial charge in [0.1, 0.15) is 0 Å². The predicted octanol–water partition coefficient (Wildman–Crippen LogP) is 0.437. The van der Waals surface area contributed by atoms with Crippen LogP contribution in [0.2, 0.25) is 0 Å². The van der Waals surface area contributed by atoms with Crippen molar-refractivity contribution in [3.8, 4) is 0 Å². The number of Topliss-reactive ketones (excluding diaryl/α,β-unsaturated/α-hetero) is 1. The Hall–Kier alpha value is -1.20. The molecule has 3 rings (SSSR count). The Balaban J connectivity index is 0.00000108. The van der Waals surface area contributed by atoms with Crippen molar-refractivity contribution >= 4 is 24.1 Å². The largest absolute Gasteiger partial charge is 0.338 e. The number of halogens is 1. The number of nitrogens with one attached hydrogen (secondary N) is 1. The van der Waals surface area contributed by atoms with Crippen LogP contribution in [0.1, 0.15) is 22.5 Å². The van der Waals surface area contributed by atoms with Crippen LogP contribution in [0.4, 0.5) is 5.95 Å². The first-order valence-corrected chi connectivity index (χ1v) is 5.69. The number of hydrogen-bond donors (Lipinski definition) is 1. The zero-order valence-electron chi connectivity index (χ0n) is 9.48. The lowest BCUT2D eigenvalue weighted by atomic mass is 10.2. The Morgan fingerprint density at radius 1 is 1.24 bits per heavy atom. The van der Waals surface area contributed by atoms with E-state index in [1.54, 1.807) is 6.20 Å². The van der Waals surface area contributed by atoms with Crippen LogP contribution < -0.4 is 10.2 Å². The summed E-state index contributed by atoms with van der Waals surface area (Å²) in [6.45, 7) is 3.82. The molecule has 17 heavy (non-hydrogen) atoms. The number of nitrogens with zero attached hydrogens (tertiary/aromatic N) is 3. The van der Waals surface area contributed by atoms with Crippen molar-refractivity contribution in [3.05, 3.63) is 17.5 Å². The molecule has 1 saturated heterocycles. The molecule has 1 aliphatic carbocycles. The van der Waals surface area contributed by atoms with Gasteiger partial charge in [-0.25, -0.2) is 9.97 Å². The van der Waals surface area contributed by atoms with Crippen molar-refractivity contribution in [2.45, 2.75) is 12.8 Å². The van der Waals surface area contributed by atoms with Crippen LogP contribution in [0, 0.1) is 0 Å². The number of hydrogen-bond acceptors (Lipinski definition) is 5. The third kappa shape index (κ3) is 2.25. The number of rotatable bonds is 1. The maximum atomic E-state index is 11.4. The molecular formula is C11H15ClN4O. The fraction of sp³-hybridized carbons (Fsp3) is 0.545. The monoisotopic (exact) mass is 254 g/mol. The Morgan fingerprint density at radius 2 is 2.00 bits per heavy atom. The summed E-state index contributed by atoms with van der Waals surface area (Å²) in [7, 11) is 0. The van der Waals surface area contributed by atoms with Crippen molar-refractivity contribution in [1.29, 1.82) is 0 Å². The molecule has 2 heterocycles. The highest BCUT2D eigenvalue weighted by Crippen LogP contribution is 2.21. The van der Waals surface area contributed by atoms with E-state index in [0.29, 0.717) is 6.42 Å². The fourth-order valence-electron chi connectivity index (χ4n) is 2.21. The zero-order valence-corrected chi connectivity index (χ0v) is 10.3. The summed E-state index contributed by atoms with van der Waals surface area (Å²) in [6.07, 6.45) is 3.06. The van der Waals surface area contributed by atoms with Gasteiger partial charge in [0.25, 0.3) is 0 Å². The van der Waals surface area contributed by atoms with E-state index in [2.05, 4.69) is 20.2 Å². The zero-order chi connectivity index (χ0) is 11.0. The second-order valence-electron chi connectivity index (χ2n) is 4.19. The molecule has 2 aliphatic rings. The molecule has 1 aromatic rings. The molecule has 1 fully saturated rings. The van der Waals surface area contributed by atoms with Gasteiger partial charge in [-0.3, -0.25) is 4.79 Å². The topological polar surface area (TPSA) is 58.1 Å². The molecule has 0 saturated carbocycles. The highest BCUT2D eigenvalue weighted by Gasteiger charge is 2.23. The first-order chi connectivity index (χ1) is 7.84. The van der Waals surface area contributed by atoms with E-state index in [1.807, 2.05) is 0 Å². The van der Waals surface area contributed by atoms with Gasteiger partial charge in [0.05, 0.1) is 11.3 Å². The molecule has 1 aliphatic heterocycles. The second kappa shape index (κ2) is 4.98. The number of anilines is 1. The van der Waals surface area contributed by atoms with Gasteiger partial charge in [-0.1, -0.05) is 0 Å². The SMILES string of the molecule is Cl.O=C1CCc2nc(N3CCNCC3)ncc21. The third-order valence-corrected chi connectivity index (χ3v) is 3.14. The Bertz CT molecular complexity index is 431. The average molecular weight is 255 g/mol. The molecule has 0 atom stereocenters. The van der Waals surface area contributed by atoms with Gasteiger partial charge < -0.3 is 10.2 Å². The van der Waals surface area contributed by atoms with Crippen LogP contribution in [0.15, 0.2) is 6.20 Å². The average Bonchev–Trinajstić information content (AvgIpc) is 2.72. The van der Waals surface area contributed by atoms with Gasteiger partial charge in [0, 0.05) is 38.8 Å². The smallest absolute Gasteiger partial charge is 0.225 e. The number of aromatic nitrogens is 2. The van der Waals surface area contributed by atoms with Gasteiger partial charge in [0.15, 0.2) is 5.78 Å². The summed E-state index contributed by atoms with van der Waals surface area (Å²) in [5, 5.41) is 3.29. The van der Waals surface area contributed by atoms with Crippen molar-refractivity contribution in [2.75, 3.05) is 31.1 Å². The maximum absolute atomic E-state index is 11.4. The molecule has 1 aromatic heterocycles. The van der Waals surface area contributed by atoms with Crippen LogP contribution in [0.25, 0.3) is 0 Å². The molecule has 0 bridgehead atoms. The number of carbonyl (C=O) groups excluding carboxylic acids is 1. The summed E-state index contributed by atoms with van der Waals surface area (Å²) in [5.41, 5.74) is 1.65. The summed E-state index contributed by atoms with van der Waals surface area (Å²) in [6, 6.07) is 0. The van der Waals surface area contributed by atoms with Crippen LogP contribution in [-0.4, -0.2) is 41.9 Å². The molecule has 0 aromatic carbocycles. The van der Waals surface area contributed by atoms with Crippen LogP contribution in [-0.2, 0) is 6.42 Å². The molecule has 1 N–H and O–H groups in total. The van der Waals surface area contributed by atoms with Crippen molar-refractivity contribution < 1.29 is 4.79 Å². The molecule has 0 spiro atoms. The molecule has 0 unspecified atom stereocenters. The number of carbonyl (C=O) groups is 1. The van der Waals surface area contributed by atoms with Gasteiger partial charge >= 0.3 is 0 Å². The number of ketones is 1. The Kier molecular flexibility index (Phi) is 3.59. The van der Waals surface area contributed by atoms with Crippen molar-refractivity contribution in [3.63, 3.8) is 0 Å². The first kappa shape index (κ1) is 12.3. The van der Waals surface area contributed by atoms with E-state index in [1.165, 1.54) is 0 Å². The van der Waals surface area contributed by atoms with Crippen molar-refractivity contribution in [2.24, 2.45) is 0 Å². The van der Waals surface area contributed by atoms with E-state index < -0.39 is 0 Å². The lowest BCUT2D eigenvalue weighted by molar-refractivity contribution is 0.0994. The summed E-state index contributed by atoms with van der Waals surface area (Å²) >= 11 is 0. The predicted molar refractivity (Wildman–Crippen MR) is 67.0 cm³/mol. The molecule has 6 heteroatoms. The van der Waals surface area contributed by atoms with Gasteiger partial charge in [-0.05, 0) is 6.42 Å². The normalized spacial score (nSPS) is 18.8. The highest BCUT2D eigenvalue weighted by atomic mass is 35.5. The Labute approximate surface area is 106 Å².